The lowest BCUT2D eigenvalue weighted by Gasteiger charge is -2.77. The molecule has 6 aliphatic heterocycles. The molecular weight excluding hydrogens is 488 g/mol. The zero-order valence-electron chi connectivity index (χ0n) is 22.2. The van der Waals surface area contributed by atoms with Crippen molar-refractivity contribution in [2.45, 2.75) is 97.9 Å². The first-order valence-electron chi connectivity index (χ1n) is 13.2. The van der Waals surface area contributed by atoms with E-state index in [-0.39, 0.29) is 0 Å². The van der Waals surface area contributed by atoms with Crippen molar-refractivity contribution in [1.29, 1.82) is 0 Å². The molecule has 200 valence electrons. The molecule has 0 amide bonds. The van der Waals surface area contributed by atoms with E-state index < -0.39 is 49.9 Å². The molecule has 6 fully saturated rings. The molecule has 0 aromatic heterocycles. The predicted octanol–water partition coefficient (Wildman–Crippen LogP) is 2.65. The average molecular weight is 531 g/mol. The number of ether oxygens (including phenoxy) is 8. The minimum atomic E-state index is -3.10. The highest BCUT2D eigenvalue weighted by Gasteiger charge is 2.89. The topological polar surface area (TPSA) is 83.1 Å². The minimum Gasteiger partial charge on any atom is -0.452 e. The van der Waals surface area contributed by atoms with Crippen LogP contribution in [0.2, 0.25) is 26.2 Å². The summed E-state index contributed by atoms with van der Waals surface area (Å²) in [7, 11) is -1.76. The van der Waals surface area contributed by atoms with E-state index in [4.69, 9.17) is 42.0 Å². The number of hydrogen-bond acceptors (Lipinski definition) is 9. The second kappa shape index (κ2) is 7.81. The molecule has 0 aromatic rings. The van der Waals surface area contributed by atoms with Gasteiger partial charge in [-0.15, -0.1) is 0 Å². The Bertz CT molecular complexity index is 765. The lowest BCUT2D eigenvalue weighted by molar-refractivity contribution is -0.457. The molecule has 0 N–H and O–H groups in total. The van der Waals surface area contributed by atoms with Crippen LogP contribution in [0.1, 0.15) is 38.5 Å². The molecule has 0 bridgehead atoms. The first-order chi connectivity index (χ1) is 16.6. The largest absolute Gasteiger partial charge is 0.452 e. The highest BCUT2D eigenvalue weighted by molar-refractivity contribution is 6.88. The van der Waals surface area contributed by atoms with Gasteiger partial charge in [-0.25, -0.2) is 0 Å². The SMILES string of the molecule is COC1(C2(C3([Si](C)(O[Si](C)(C)C)C4(C5(C6(OC)CCO6)CCO5)CCO4)CCO3)CCO2)CCO1. The third-order valence-corrected chi connectivity index (χ3v) is 18.8. The van der Waals surface area contributed by atoms with E-state index in [1.807, 2.05) is 0 Å². The lowest BCUT2D eigenvalue weighted by Crippen LogP contribution is -2.97. The Balaban J connectivity index is 1.54. The fourth-order valence-corrected chi connectivity index (χ4v) is 19.3. The molecule has 6 unspecified atom stereocenters. The van der Waals surface area contributed by atoms with Crippen molar-refractivity contribution in [2.24, 2.45) is 0 Å². The van der Waals surface area contributed by atoms with Gasteiger partial charge in [-0.3, -0.25) is 0 Å². The zero-order chi connectivity index (χ0) is 24.8. The van der Waals surface area contributed by atoms with Crippen molar-refractivity contribution in [3.63, 3.8) is 0 Å². The van der Waals surface area contributed by atoms with Gasteiger partial charge in [-0.2, -0.15) is 0 Å². The molecule has 6 atom stereocenters. The molecule has 35 heavy (non-hydrogen) atoms. The van der Waals surface area contributed by atoms with Crippen LogP contribution in [0.15, 0.2) is 0 Å². The van der Waals surface area contributed by atoms with Gasteiger partial charge in [0.2, 0.25) is 19.9 Å². The Labute approximate surface area is 210 Å². The van der Waals surface area contributed by atoms with Crippen LogP contribution in [0, 0.1) is 0 Å². The summed E-state index contributed by atoms with van der Waals surface area (Å²) in [5, 5.41) is -1.42. The fourth-order valence-electron chi connectivity index (χ4n) is 8.20. The maximum Gasteiger partial charge on any atom is 0.249 e. The number of methoxy groups -OCH3 is 2. The number of rotatable bonds is 10. The summed E-state index contributed by atoms with van der Waals surface area (Å²) in [6, 6.07) is 0. The summed E-state index contributed by atoms with van der Waals surface area (Å²) >= 11 is 0. The van der Waals surface area contributed by atoms with Gasteiger partial charge in [0.1, 0.15) is 10.4 Å². The van der Waals surface area contributed by atoms with E-state index in [1.54, 1.807) is 14.2 Å². The summed E-state index contributed by atoms with van der Waals surface area (Å²) in [4.78, 5) is 0. The molecule has 6 heterocycles. The maximum atomic E-state index is 7.47. The Morgan fingerprint density at radius 2 is 0.829 bits per heavy atom. The van der Waals surface area contributed by atoms with Crippen molar-refractivity contribution in [3.8, 4) is 0 Å². The van der Waals surface area contributed by atoms with Gasteiger partial charge in [0.25, 0.3) is 0 Å². The van der Waals surface area contributed by atoms with Crippen molar-refractivity contribution in [2.75, 3.05) is 53.9 Å². The van der Waals surface area contributed by atoms with E-state index in [1.165, 1.54) is 0 Å². The van der Waals surface area contributed by atoms with Gasteiger partial charge in [0.15, 0.2) is 19.5 Å². The van der Waals surface area contributed by atoms with Gasteiger partial charge in [0.05, 0.1) is 26.4 Å². The third kappa shape index (κ3) is 2.69. The molecule has 11 heteroatoms. The van der Waals surface area contributed by atoms with Gasteiger partial charge in [0, 0.05) is 66.0 Å². The molecule has 6 saturated heterocycles. The molecule has 6 aliphatic rings. The van der Waals surface area contributed by atoms with Crippen LogP contribution in [0.4, 0.5) is 0 Å². The van der Waals surface area contributed by atoms with E-state index >= 15 is 0 Å². The highest BCUT2D eigenvalue weighted by atomic mass is 28.4. The van der Waals surface area contributed by atoms with Crippen LogP contribution < -0.4 is 0 Å². The second-order valence-electron chi connectivity index (χ2n) is 12.1. The molecule has 0 aromatic carbocycles. The molecule has 0 saturated carbocycles. The van der Waals surface area contributed by atoms with Crippen LogP contribution in [0.5, 0.6) is 0 Å². The molecule has 0 radical (unpaired) electrons. The Morgan fingerprint density at radius 3 is 0.971 bits per heavy atom. The average Bonchev–Trinajstić information content (AvgIpc) is 2.57. The van der Waals surface area contributed by atoms with Gasteiger partial charge in [-0.1, -0.05) is 0 Å². The Kier molecular flexibility index (Phi) is 5.66. The first kappa shape index (κ1) is 25.4. The van der Waals surface area contributed by atoms with Gasteiger partial charge < -0.3 is 42.0 Å². The second-order valence-corrected chi connectivity index (χ2v) is 20.8. The van der Waals surface area contributed by atoms with Gasteiger partial charge in [-0.05, 0) is 26.2 Å². The zero-order valence-corrected chi connectivity index (χ0v) is 24.2. The lowest BCUT2D eigenvalue weighted by atomic mass is 9.72. The standard InChI is InChI=1S/C24H42O9Si2/c1-25-21(9-15-29-21)19(7-13-27-19)23(11-17-31-23)35(6,33-34(3,4)5)24(12-18-32-24)20(8-14-28-20)22(26-2)10-16-30-22/h7-18H2,1-6H3. The molecule has 6 rings (SSSR count). The normalized spacial score (nSPS) is 50.9. The Hall–Kier alpha value is 0.0738. The monoisotopic (exact) mass is 530 g/mol. The van der Waals surface area contributed by atoms with Crippen LogP contribution in [0.25, 0.3) is 0 Å². The van der Waals surface area contributed by atoms with Crippen LogP contribution in [0.3, 0.4) is 0 Å². The third-order valence-electron chi connectivity index (χ3n) is 9.99. The van der Waals surface area contributed by atoms with Crippen molar-refractivity contribution >= 4 is 16.6 Å². The van der Waals surface area contributed by atoms with Crippen molar-refractivity contribution < 1.29 is 42.0 Å². The Morgan fingerprint density at radius 1 is 0.514 bits per heavy atom. The summed E-state index contributed by atoms with van der Waals surface area (Å²) in [6.45, 7) is 13.0. The minimum absolute atomic E-state index is 0.650. The number of hydrogen-bond donors (Lipinski definition) is 0. The molecular formula is C24H42O9Si2. The van der Waals surface area contributed by atoms with Gasteiger partial charge >= 0.3 is 0 Å². The maximum absolute atomic E-state index is 7.47. The highest BCUT2D eigenvalue weighted by Crippen LogP contribution is 2.68. The van der Waals surface area contributed by atoms with Crippen molar-refractivity contribution in [1.82, 2.24) is 0 Å². The summed E-state index contributed by atoms with van der Waals surface area (Å²) in [5.41, 5.74) is -1.49. The first-order valence-corrected chi connectivity index (χ1v) is 19.0. The van der Waals surface area contributed by atoms with E-state index in [0.29, 0.717) is 39.6 Å². The van der Waals surface area contributed by atoms with Crippen LogP contribution in [-0.2, 0) is 42.0 Å². The van der Waals surface area contributed by atoms with E-state index in [0.717, 1.165) is 38.5 Å². The molecule has 0 spiro atoms. The smallest absolute Gasteiger partial charge is 0.249 e. The fraction of sp³-hybridized carbons (Fsp3) is 1.00. The summed E-state index contributed by atoms with van der Waals surface area (Å²) in [5.74, 6) is -1.68. The van der Waals surface area contributed by atoms with E-state index in [9.17, 15) is 0 Å². The van der Waals surface area contributed by atoms with Crippen molar-refractivity contribution in [3.05, 3.63) is 0 Å². The molecule has 0 aliphatic carbocycles. The van der Waals surface area contributed by atoms with E-state index in [2.05, 4.69) is 26.2 Å². The van der Waals surface area contributed by atoms with Crippen LogP contribution in [-0.4, -0.2) is 104 Å². The summed E-state index contributed by atoms with van der Waals surface area (Å²) < 4.78 is 59.0. The summed E-state index contributed by atoms with van der Waals surface area (Å²) in [6.07, 6.45) is 4.77. The van der Waals surface area contributed by atoms with Crippen LogP contribution >= 0.6 is 0 Å². The quantitative estimate of drug-likeness (QED) is 0.396. The molecule has 9 nitrogen and oxygen atoms in total. The predicted molar refractivity (Wildman–Crippen MR) is 130 cm³/mol.